The van der Waals surface area contributed by atoms with Crippen molar-refractivity contribution in [2.45, 2.75) is 56.4 Å². The highest BCUT2D eigenvalue weighted by molar-refractivity contribution is 6.43. The summed E-state index contributed by atoms with van der Waals surface area (Å²) in [6.45, 7) is -0.595. The number of nitrogens with one attached hydrogen (secondary N) is 4. The Bertz CT molecular complexity index is 2250. The van der Waals surface area contributed by atoms with Crippen LogP contribution in [-0.2, 0) is 28.8 Å². The van der Waals surface area contributed by atoms with E-state index in [2.05, 4.69) is 26.3 Å². The molecule has 28 heteroatoms. The Morgan fingerprint density at radius 3 is 1.60 bits per heavy atom. The number of halogens is 2. The molecule has 402 valence electrons. The smallest absolute Gasteiger partial charge is 0.475 e. The van der Waals surface area contributed by atoms with Gasteiger partial charge in [-0.2, -0.15) is 0 Å². The lowest BCUT2D eigenvalue weighted by molar-refractivity contribution is -0.140. The van der Waals surface area contributed by atoms with Crippen molar-refractivity contribution in [1.29, 1.82) is 0 Å². The molecule has 0 bridgehead atoms. The Morgan fingerprint density at radius 2 is 1.14 bits per heavy atom. The Labute approximate surface area is 420 Å². The number of benzene rings is 2. The van der Waals surface area contributed by atoms with Crippen LogP contribution in [-0.4, -0.2) is 240 Å². The average molecular weight is 1030 g/mol. The van der Waals surface area contributed by atoms with Crippen molar-refractivity contribution in [3.63, 3.8) is 0 Å². The van der Waals surface area contributed by atoms with E-state index in [0.717, 1.165) is 0 Å². The summed E-state index contributed by atoms with van der Waals surface area (Å²) in [5.74, 6) is -11.3. The zero-order valence-corrected chi connectivity index (χ0v) is 40.6. The van der Waals surface area contributed by atoms with Gasteiger partial charge in [0, 0.05) is 89.5 Å². The number of carbonyl (C=O) groups is 8. The van der Waals surface area contributed by atoms with E-state index >= 15 is 0 Å². The summed E-state index contributed by atoms with van der Waals surface area (Å²) in [6.07, 6.45) is 1.19. The Morgan fingerprint density at radius 1 is 0.671 bits per heavy atom. The molecule has 0 aromatic heterocycles. The number of hydrogen-bond acceptors (Lipinski definition) is 15. The number of aliphatic carboxylic acids is 3. The zero-order chi connectivity index (χ0) is 53.7. The summed E-state index contributed by atoms with van der Waals surface area (Å²) in [6, 6.07) is 8.43. The minimum atomic E-state index is -3.32. The van der Waals surface area contributed by atoms with Gasteiger partial charge in [-0.3, -0.25) is 62.9 Å². The molecule has 0 saturated carbocycles. The first-order valence-corrected chi connectivity index (χ1v) is 23.9. The number of rotatable bonds is 25. The van der Waals surface area contributed by atoms with Crippen molar-refractivity contribution >= 4 is 71.3 Å². The number of likely N-dealkylation sites (tertiary alicyclic amines) is 1. The second-order valence-electron chi connectivity index (χ2n) is 17.9. The van der Waals surface area contributed by atoms with Crippen molar-refractivity contribution < 1.29 is 72.5 Å². The van der Waals surface area contributed by atoms with Gasteiger partial charge < -0.3 is 63.0 Å². The maximum absolute atomic E-state index is 14.0. The third-order valence-corrected chi connectivity index (χ3v) is 12.2. The minimum absolute atomic E-state index is 0.110. The number of guanidine groups is 1. The molecule has 0 spiro atoms. The largest absolute Gasteiger partial charge is 0.480 e. The first kappa shape index (κ1) is 59.0. The van der Waals surface area contributed by atoms with E-state index < -0.39 is 92.0 Å². The van der Waals surface area contributed by atoms with Crippen LogP contribution in [0.25, 0.3) is 10.8 Å². The number of nitrogens with zero attached hydrogens (tertiary/aromatic N) is 6. The van der Waals surface area contributed by atoms with Gasteiger partial charge in [0.05, 0.1) is 45.2 Å². The maximum Gasteiger partial charge on any atom is 0.475 e. The number of hydrogen-bond donors (Lipinski definition) is 11. The standard InChI is InChI=1S/C45H67BF2N12O13/c47-45(48)23-35(46(72)73)60(29-45)37(62)24-54-42(70)33-11-10-32(30-7-2-3-8-31(30)33)41(69)51-12-4-1-5-13-52-43(71)34(9-6-14-53-44(49)50)55-36(61)25-56-15-17-57(26-38(63)64)19-21-59(28-40(67)68)22-20-58(18-16-56)27-39(65)66/h2-3,7-8,10-11,34-35,72-73H,1,4-6,9,12-29H2,(H,51,69)(H,52,71)(H,54,70)(H,55,61)(H,63,64)(H,65,66)(H,67,68)(H4,49,50,53). The molecule has 0 aliphatic carbocycles. The summed E-state index contributed by atoms with van der Waals surface area (Å²) in [5, 5.41) is 59.2. The van der Waals surface area contributed by atoms with Crippen molar-refractivity contribution in [3.05, 3.63) is 47.5 Å². The number of carboxylic acid groups (broad SMARTS) is 3. The van der Waals surface area contributed by atoms with Crippen LogP contribution in [0.2, 0.25) is 0 Å². The van der Waals surface area contributed by atoms with E-state index in [1.807, 2.05) is 0 Å². The second kappa shape index (κ2) is 29.2. The number of aliphatic imine (C=N–C) groups is 1. The third kappa shape index (κ3) is 20.5. The number of amides is 5. The molecule has 2 aromatic carbocycles. The van der Waals surface area contributed by atoms with E-state index in [9.17, 15) is 72.5 Å². The SMILES string of the molecule is NC(N)=NCCCC(NC(=O)CN1CCN(CC(=O)O)CCN(CC(=O)O)CCN(CC(=O)O)CC1)C(=O)NCCCCCNC(=O)c1ccc(C(=O)NCC(=O)N2CC(F)(F)CC2B(O)O)c2ccccc12. The van der Waals surface area contributed by atoms with Gasteiger partial charge in [-0.25, -0.2) is 8.78 Å². The number of unbranched alkanes of at least 4 members (excludes halogenated alkanes) is 2. The fraction of sp³-hybridized carbons (Fsp3) is 0.578. The van der Waals surface area contributed by atoms with E-state index in [1.165, 1.54) is 12.1 Å². The normalized spacial score (nSPS) is 17.6. The van der Waals surface area contributed by atoms with E-state index in [-0.39, 0.29) is 122 Å². The van der Waals surface area contributed by atoms with Gasteiger partial charge in [0.1, 0.15) is 6.04 Å². The lowest BCUT2D eigenvalue weighted by atomic mass is 9.77. The Balaban J connectivity index is 1.29. The van der Waals surface area contributed by atoms with Gasteiger partial charge in [0.15, 0.2) is 5.96 Å². The molecule has 2 aliphatic rings. The average Bonchev–Trinajstić information content (AvgIpc) is 3.66. The molecule has 2 aliphatic heterocycles. The van der Waals surface area contributed by atoms with E-state index in [1.54, 1.807) is 43.9 Å². The van der Waals surface area contributed by atoms with Crippen LogP contribution < -0.4 is 32.7 Å². The van der Waals surface area contributed by atoms with Crippen molar-refractivity contribution in [2.75, 3.05) is 111 Å². The van der Waals surface area contributed by atoms with Crippen molar-refractivity contribution in [3.8, 4) is 0 Å². The van der Waals surface area contributed by atoms with Crippen LogP contribution in [0.1, 0.15) is 59.2 Å². The minimum Gasteiger partial charge on any atom is -0.480 e. The molecule has 13 N–H and O–H groups in total. The lowest BCUT2D eigenvalue weighted by Gasteiger charge is -2.33. The first-order chi connectivity index (χ1) is 34.6. The van der Waals surface area contributed by atoms with Crippen LogP contribution in [0.5, 0.6) is 0 Å². The summed E-state index contributed by atoms with van der Waals surface area (Å²) in [4.78, 5) is 112. The fourth-order valence-corrected chi connectivity index (χ4v) is 8.49. The summed E-state index contributed by atoms with van der Waals surface area (Å²) < 4.78 is 27.9. The molecule has 4 rings (SSSR count). The van der Waals surface area contributed by atoms with E-state index in [4.69, 9.17) is 11.5 Å². The number of carboxylic acids is 3. The van der Waals surface area contributed by atoms with Gasteiger partial charge in [0.2, 0.25) is 17.7 Å². The predicted octanol–water partition coefficient (Wildman–Crippen LogP) is -3.15. The zero-order valence-electron chi connectivity index (χ0n) is 40.6. The van der Waals surface area contributed by atoms with Gasteiger partial charge in [-0.05, 0) is 55.0 Å². The molecule has 2 saturated heterocycles. The molecule has 2 heterocycles. The van der Waals surface area contributed by atoms with Crippen molar-refractivity contribution in [1.82, 2.24) is 45.8 Å². The molecule has 5 amide bonds. The van der Waals surface area contributed by atoms with Gasteiger partial charge in [0.25, 0.3) is 17.7 Å². The van der Waals surface area contributed by atoms with Crippen molar-refractivity contribution in [2.24, 2.45) is 16.5 Å². The molecule has 25 nitrogen and oxygen atoms in total. The van der Waals surface area contributed by atoms with Crippen LogP contribution in [0.4, 0.5) is 8.78 Å². The van der Waals surface area contributed by atoms with Crippen LogP contribution in [0.15, 0.2) is 41.4 Å². The number of nitrogens with two attached hydrogens (primary N) is 2. The molecule has 73 heavy (non-hydrogen) atoms. The molecule has 2 unspecified atom stereocenters. The highest BCUT2D eigenvalue weighted by atomic mass is 19.3. The molecule has 2 atom stereocenters. The molecule has 2 fully saturated rings. The molecular formula is C45H67BF2N12O13. The number of fused-ring (bicyclic) bond motifs is 1. The molecule has 0 radical (unpaired) electrons. The Kier molecular flexibility index (Phi) is 23.6. The van der Waals surface area contributed by atoms with Gasteiger partial charge in [-0.1, -0.05) is 24.3 Å². The monoisotopic (exact) mass is 1030 g/mol. The maximum atomic E-state index is 14.0. The highest BCUT2D eigenvalue weighted by Crippen LogP contribution is 2.32. The summed E-state index contributed by atoms with van der Waals surface area (Å²) in [5.41, 5.74) is 11.3. The van der Waals surface area contributed by atoms with Crippen LogP contribution in [0, 0.1) is 0 Å². The second-order valence-corrected chi connectivity index (χ2v) is 17.9. The lowest BCUT2D eigenvalue weighted by Crippen LogP contribution is -2.52. The topological polar surface area (TPSA) is 366 Å². The summed E-state index contributed by atoms with van der Waals surface area (Å²) in [7, 11) is -2.19. The fourth-order valence-electron chi connectivity index (χ4n) is 8.49. The van der Waals surface area contributed by atoms with Gasteiger partial charge in [-0.15, -0.1) is 0 Å². The summed E-state index contributed by atoms with van der Waals surface area (Å²) >= 11 is 0. The number of carbonyl (C=O) groups excluding carboxylic acids is 5. The van der Waals surface area contributed by atoms with Crippen LogP contribution >= 0.6 is 0 Å². The van der Waals surface area contributed by atoms with Crippen LogP contribution in [0.3, 0.4) is 0 Å². The van der Waals surface area contributed by atoms with E-state index in [0.29, 0.717) is 41.4 Å². The Hall–Kier alpha value is -6.59. The predicted molar refractivity (Wildman–Crippen MR) is 261 cm³/mol. The first-order valence-electron chi connectivity index (χ1n) is 23.9. The molecular weight excluding hydrogens is 965 g/mol. The highest BCUT2D eigenvalue weighted by Gasteiger charge is 2.51. The van der Waals surface area contributed by atoms with Gasteiger partial charge >= 0.3 is 25.0 Å². The quantitative estimate of drug-likeness (QED) is 0.0202. The molecule has 2 aromatic rings. The number of alkyl halides is 2. The third-order valence-electron chi connectivity index (χ3n) is 12.2.